The minimum absolute atomic E-state index is 0.295. The van der Waals surface area contributed by atoms with Crippen LogP contribution in [0.2, 0.25) is 0 Å². The molecule has 1 heterocycles. The van der Waals surface area contributed by atoms with Crippen molar-refractivity contribution in [3.05, 3.63) is 23.0 Å². The predicted octanol–water partition coefficient (Wildman–Crippen LogP) is 2.26. The van der Waals surface area contributed by atoms with Crippen molar-refractivity contribution in [1.82, 2.24) is 10.3 Å². The van der Waals surface area contributed by atoms with E-state index in [9.17, 15) is 0 Å². The van der Waals surface area contributed by atoms with Crippen molar-refractivity contribution in [1.29, 1.82) is 0 Å². The fraction of sp³-hybridized carbons (Fsp3) is 0.667. The molecule has 1 N–H and O–H groups in total. The van der Waals surface area contributed by atoms with Gasteiger partial charge in [0, 0.05) is 42.1 Å². The Morgan fingerprint density at radius 1 is 1.32 bits per heavy atom. The smallest absolute Gasteiger partial charge is 0.128 e. The minimum Gasteiger partial charge on any atom is -0.496 e. The number of rotatable bonds is 8. The number of nitrogens with one attached hydrogen (secondary N) is 1. The Kier molecular flexibility index (Phi) is 6.81. The number of hydrogen-bond acceptors (Lipinski definition) is 4. The number of hydrogen-bond donors (Lipinski definition) is 1. The fourth-order valence-electron chi connectivity index (χ4n) is 2.25. The lowest BCUT2D eigenvalue weighted by Gasteiger charge is -2.19. The van der Waals surface area contributed by atoms with Gasteiger partial charge < -0.3 is 14.8 Å². The summed E-state index contributed by atoms with van der Waals surface area (Å²) in [5.41, 5.74) is 3.28. The Morgan fingerprint density at radius 3 is 2.63 bits per heavy atom. The van der Waals surface area contributed by atoms with E-state index in [1.807, 2.05) is 20.0 Å². The average Bonchev–Trinajstić information content (AvgIpc) is 2.40. The van der Waals surface area contributed by atoms with E-state index in [2.05, 4.69) is 24.1 Å². The Labute approximate surface area is 116 Å². The number of pyridine rings is 1. The number of ether oxygens (including phenoxy) is 2. The van der Waals surface area contributed by atoms with E-state index in [1.165, 1.54) is 0 Å². The van der Waals surface area contributed by atoms with Crippen LogP contribution in [0.1, 0.15) is 30.7 Å². The van der Waals surface area contributed by atoms with E-state index >= 15 is 0 Å². The van der Waals surface area contributed by atoms with Gasteiger partial charge in [-0.25, -0.2) is 0 Å². The molecule has 19 heavy (non-hydrogen) atoms. The van der Waals surface area contributed by atoms with Gasteiger partial charge in [-0.05, 0) is 27.3 Å². The highest BCUT2D eigenvalue weighted by Gasteiger charge is 2.14. The molecule has 0 amide bonds. The number of nitrogens with zero attached hydrogens (tertiary/aromatic N) is 1. The molecule has 0 radical (unpaired) electrons. The van der Waals surface area contributed by atoms with E-state index in [1.54, 1.807) is 7.11 Å². The fourth-order valence-corrected chi connectivity index (χ4v) is 2.25. The van der Waals surface area contributed by atoms with Gasteiger partial charge in [-0.3, -0.25) is 4.98 Å². The van der Waals surface area contributed by atoms with Crippen LogP contribution in [-0.2, 0) is 11.2 Å². The molecule has 0 saturated heterocycles. The molecular weight excluding hydrogens is 240 g/mol. The summed E-state index contributed by atoms with van der Waals surface area (Å²) in [7, 11) is 1.71. The molecule has 0 aliphatic heterocycles. The molecule has 0 aliphatic carbocycles. The van der Waals surface area contributed by atoms with Gasteiger partial charge in [-0.2, -0.15) is 0 Å². The van der Waals surface area contributed by atoms with Crippen LogP contribution in [-0.4, -0.2) is 37.9 Å². The van der Waals surface area contributed by atoms with Crippen LogP contribution < -0.4 is 10.1 Å². The van der Waals surface area contributed by atoms with Gasteiger partial charge in [-0.15, -0.1) is 0 Å². The summed E-state index contributed by atoms with van der Waals surface area (Å²) in [5.74, 6) is 0.941. The molecule has 4 nitrogen and oxygen atoms in total. The Hall–Kier alpha value is -1.13. The summed E-state index contributed by atoms with van der Waals surface area (Å²) in [6.45, 7) is 10.6. The van der Waals surface area contributed by atoms with Crippen LogP contribution in [0.3, 0.4) is 0 Å². The molecule has 0 aromatic carbocycles. The summed E-state index contributed by atoms with van der Waals surface area (Å²) in [6, 6.07) is 0.295. The second-order valence-electron chi connectivity index (χ2n) is 4.66. The monoisotopic (exact) mass is 266 g/mol. The molecule has 1 unspecified atom stereocenters. The van der Waals surface area contributed by atoms with Crippen molar-refractivity contribution in [3.63, 3.8) is 0 Å². The molecule has 108 valence electrons. The number of likely N-dealkylation sites (N-methyl/N-ethyl adjacent to an activating group) is 1. The first kappa shape index (κ1) is 15.9. The minimum atomic E-state index is 0.295. The second-order valence-corrected chi connectivity index (χ2v) is 4.66. The zero-order chi connectivity index (χ0) is 14.3. The van der Waals surface area contributed by atoms with Crippen molar-refractivity contribution in [2.75, 3.05) is 26.9 Å². The van der Waals surface area contributed by atoms with Gasteiger partial charge in [0.2, 0.25) is 0 Å². The lowest BCUT2D eigenvalue weighted by Crippen LogP contribution is -2.35. The Morgan fingerprint density at radius 2 is 2.05 bits per heavy atom. The van der Waals surface area contributed by atoms with Gasteiger partial charge in [0.1, 0.15) is 5.75 Å². The van der Waals surface area contributed by atoms with Crippen LogP contribution >= 0.6 is 0 Å². The van der Waals surface area contributed by atoms with Crippen LogP contribution in [0, 0.1) is 13.8 Å². The predicted molar refractivity (Wildman–Crippen MR) is 77.9 cm³/mol. The van der Waals surface area contributed by atoms with Crippen molar-refractivity contribution < 1.29 is 9.47 Å². The largest absolute Gasteiger partial charge is 0.496 e. The van der Waals surface area contributed by atoms with E-state index in [0.29, 0.717) is 12.6 Å². The van der Waals surface area contributed by atoms with E-state index < -0.39 is 0 Å². The third kappa shape index (κ3) is 4.48. The molecular formula is C15H26N2O2. The maximum atomic E-state index is 5.52. The maximum Gasteiger partial charge on any atom is 0.128 e. The standard InChI is InChI=1S/C15H26N2O2/c1-6-16-13(10-19-7-2)8-14-12(4)15(18-5)11(3)9-17-14/h9,13,16H,6-8,10H2,1-5H3. The number of aromatic nitrogens is 1. The summed E-state index contributed by atoms with van der Waals surface area (Å²) in [6.07, 6.45) is 2.74. The number of aryl methyl sites for hydroxylation is 1. The highest BCUT2D eigenvalue weighted by Crippen LogP contribution is 2.24. The van der Waals surface area contributed by atoms with Gasteiger partial charge in [0.15, 0.2) is 0 Å². The van der Waals surface area contributed by atoms with Crippen molar-refractivity contribution >= 4 is 0 Å². The van der Waals surface area contributed by atoms with Crippen molar-refractivity contribution in [2.24, 2.45) is 0 Å². The van der Waals surface area contributed by atoms with Crippen molar-refractivity contribution in [3.8, 4) is 5.75 Å². The summed E-state index contributed by atoms with van der Waals surface area (Å²) < 4.78 is 11.0. The van der Waals surface area contributed by atoms with Gasteiger partial charge in [0.25, 0.3) is 0 Å². The van der Waals surface area contributed by atoms with Crippen LogP contribution in [0.25, 0.3) is 0 Å². The molecule has 1 aromatic rings. The van der Waals surface area contributed by atoms with Crippen molar-refractivity contribution in [2.45, 2.75) is 40.2 Å². The van der Waals surface area contributed by atoms with Gasteiger partial charge >= 0.3 is 0 Å². The molecule has 0 aliphatic rings. The normalized spacial score (nSPS) is 12.5. The highest BCUT2D eigenvalue weighted by atomic mass is 16.5. The zero-order valence-corrected chi connectivity index (χ0v) is 12.7. The third-order valence-corrected chi connectivity index (χ3v) is 3.21. The molecule has 0 fully saturated rings. The Bertz CT molecular complexity index is 394. The van der Waals surface area contributed by atoms with Gasteiger partial charge in [-0.1, -0.05) is 6.92 Å². The molecule has 0 spiro atoms. The first-order chi connectivity index (χ1) is 9.13. The molecule has 4 heteroatoms. The Balaban J connectivity index is 2.83. The lowest BCUT2D eigenvalue weighted by molar-refractivity contribution is 0.123. The summed E-state index contributed by atoms with van der Waals surface area (Å²) >= 11 is 0. The second kappa shape index (κ2) is 8.12. The van der Waals surface area contributed by atoms with E-state index in [-0.39, 0.29) is 0 Å². The number of methoxy groups -OCH3 is 1. The SMILES string of the molecule is CCNC(COCC)Cc1ncc(C)c(OC)c1C. The highest BCUT2D eigenvalue weighted by molar-refractivity contribution is 5.41. The van der Waals surface area contributed by atoms with Crippen LogP contribution in [0.4, 0.5) is 0 Å². The molecule has 1 aromatic heterocycles. The summed E-state index contributed by atoms with van der Waals surface area (Å²) in [4.78, 5) is 4.54. The first-order valence-corrected chi connectivity index (χ1v) is 6.94. The van der Waals surface area contributed by atoms with Crippen LogP contribution in [0.5, 0.6) is 5.75 Å². The van der Waals surface area contributed by atoms with E-state index in [0.717, 1.165) is 42.1 Å². The average molecular weight is 266 g/mol. The quantitative estimate of drug-likeness (QED) is 0.784. The van der Waals surface area contributed by atoms with E-state index in [4.69, 9.17) is 9.47 Å². The third-order valence-electron chi connectivity index (χ3n) is 3.21. The molecule has 0 saturated carbocycles. The summed E-state index contributed by atoms with van der Waals surface area (Å²) in [5, 5.41) is 3.44. The molecule has 0 bridgehead atoms. The van der Waals surface area contributed by atoms with Gasteiger partial charge in [0.05, 0.1) is 13.7 Å². The molecule has 1 atom stereocenters. The molecule has 1 rings (SSSR count). The first-order valence-electron chi connectivity index (χ1n) is 6.94. The maximum absolute atomic E-state index is 5.52. The topological polar surface area (TPSA) is 43.4 Å². The zero-order valence-electron chi connectivity index (χ0n) is 12.7. The lowest BCUT2D eigenvalue weighted by atomic mass is 10.0. The van der Waals surface area contributed by atoms with Crippen LogP contribution in [0.15, 0.2) is 6.20 Å².